The molecule has 0 aliphatic carbocycles. The normalized spacial score (nSPS) is 10.9. The minimum absolute atomic E-state index is 0. The zero-order chi connectivity index (χ0) is 13.4. The number of hydrogen-bond donors (Lipinski definition) is 0. The van der Waals surface area contributed by atoms with Gasteiger partial charge in [0, 0.05) is 5.56 Å². The Morgan fingerprint density at radius 2 is 1.89 bits per heavy atom. The Morgan fingerprint density at radius 1 is 1.26 bits per heavy atom. The summed E-state index contributed by atoms with van der Waals surface area (Å²) in [5.74, 6) is -1.94. The van der Waals surface area contributed by atoms with Crippen LogP contribution in [0.4, 0.5) is 0 Å². The maximum absolute atomic E-state index is 11.6. The van der Waals surface area contributed by atoms with E-state index in [0.29, 0.717) is 5.56 Å². The minimum atomic E-state index is -0.922. The van der Waals surface area contributed by atoms with Crippen LogP contribution >= 0.6 is 0 Å². The van der Waals surface area contributed by atoms with Crippen LogP contribution in [0.3, 0.4) is 0 Å². The molecular formula is C14H13NaO4. The van der Waals surface area contributed by atoms with Gasteiger partial charge in [-0.3, -0.25) is 4.79 Å². The van der Waals surface area contributed by atoms with Gasteiger partial charge in [0.05, 0.1) is 6.61 Å². The van der Waals surface area contributed by atoms with Crippen molar-refractivity contribution in [2.45, 2.75) is 6.92 Å². The molecule has 0 heterocycles. The van der Waals surface area contributed by atoms with Crippen molar-refractivity contribution in [2.24, 2.45) is 0 Å². The summed E-state index contributed by atoms with van der Waals surface area (Å²) in [5, 5.41) is 11.2. The van der Waals surface area contributed by atoms with E-state index in [2.05, 4.69) is 4.74 Å². The first-order chi connectivity index (χ1) is 8.65. The van der Waals surface area contributed by atoms with E-state index >= 15 is 0 Å². The van der Waals surface area contributed by atoms with Gasteiger partial charge in [0.15, 0.2) is 5.78 Å². The number of carbonyl (C=O) groups excluding carboxylic acids is 2. The van der Waals surface area contributed by atoms with Crippen molar-refractivity contribution in [3.63, 3.8) is 0 Å². The maximum Gasteiger partial charge on any atom is 1.00 e. The van der Waals surface area contributed by atoms with Crippen LogP contribution in [-0.2, 0) is 9.53 Å². The Balaban J connectivity index is 0.00000324. The number of hydrogen-bond acceptors (Lipinski definition) is 4. The monoisotopic (exact) mass is 268 g/mol. The third kappa shape index (κ3) is 6.38. The summed E-state index contributed by atoms with van der Waals surface area (Å²) in [6.07, 6.45) is 3.49. The van der Waals surface area contributed by atoms with Gasteiger partial charge in [0.2, 0.25) is 0 Å². The Hall–Kier alpha value is -1.36. The molecular weight excluding hydrogens is 255 g/mol. The van der Waals surface area contributed by atoms with Gasteiger partial charge in [0.1, 0.15) is 0 Å². The van der Waals surface area contributed by atoms with Gasteiger partial charge in [0.25, 0.3) is 0 Å². The number of ketones is 1. The molecule has 0 aromatic heterocycles. The molecule has 0 saturated heterocycles. The van der Waals surface area contributed by atoms with Crippen LogP contribution in [0.1, 0.15) is 17.3 Å². The number of rotatable bonds is 5. The summed E-state index contributed by atoms with van der Waals surface area (Å²) < 4.78 is 4.51. The molecule has 0 N–H and O–H groups in total. The number of ether oxygens (including phenoxy) is 1. The summed E-state index contributed by atoms with van der Waals surface area (Å²) in [6, 6.07) is 8.62. The minimum Gasteiger partial charge on any atom is -0.868 e. The quantitative estimate of drug-likeness (QED) is 0.158. The molecule has 0 radical (unpaired) electrons. The van der Waals surface area contributed by atoms with Crippen LogP contribution in [0, 0.1) is 0 Å². The molecule has 1 aromatic carbocycles. The van der Waals surface area contributed by atoms with Crippen LogP contribution in [0.2, 0.25) is 0 Å². The zero-order valence-electron chi connectivity index (χ0n) is 11.0. The van der Waals surface area contributed by atoms with Gasteiger partial charge in [-0.1, -0.05) is 42.5 Å². The molecule has 0 aliphatic heterocycles. The van der Waals surface area contributed by atoms with Crippen molar-refractivity contribution in [1.29, 1.82) is 0 Å². The van der Waals surface area contributed by atoms with Crippen LogP contribution in [0.15, 0.2) is 54.3 Å². The summed E-state index contributed by atoms with van der Waals surface area (Å²) in [7, 11) is 0. The average molecular weight is 268 g/mol. The van der Waals surface area contributed by atoms with Gasteiger partial charge in [-0.15, -0.1) is 0 Å². The molecule has 0 unspecified atom stereocenters. The Morgan fingerprint density at radius 3 is 2.47 bits per heavy atom. The largest absolute Gasteiger partial charge is 1.00 e. The second-order valence-corrected chi connectivity index (χ2v) is 3.34. The molecule has 0 fully saturated rings. The fourth-order valence-electron chi connectivity index (χ4n) is 1.19. The molecule has 0 aliphatic rings. The van der Waals surface area contributed by atoms with Crippen molar-refractivity contribution in [3.05, 3.63) is 59.9 Å². The Kier molecular flexibility index (Phi) is 8.87. The smallest absolute Gasteiger partial charge is 0.868 e. The standard InChI is InChI=1S/C14H14O4.Na/c1-2-18-14(17)13(16)10-6-9-12(15)11-7-4-3-5-8-11;/h3-10,16H,2H2,1H3;/q;+1/p-1/b9-6+,13-10-;. The molecule has 0 amide bonds. The van der Waals surface area contributed by atoms with Crippen molar-refractivity contribution in [3.8, 4) is 0 Å². The predicted octanol–water partition coefficient (Wildman–Crippen LogP) is -1.76. The van der Waals surface area contributed by atoms with E-state index in [9.17, 15) is 14.7 Å². The van der Waals surface area contributed by atoms with E-state index in [4.69, 9.17) is 0 Å². The average Bonchev–Trinajstić information content (AvgIpc) is 2.39. The third-order valence-corrected chi connectivity index (χ3v) is 2.03. The Bertz CT molecular complexity index is 477. The molecule has 1 rings (SSSR count). The molecule has 0 atom stereocenters. The van der Waals surface area contributed by atoms with Gasteiger partial charge >= 0.3 is 35.5 Å². The first kappa shape index (κ1) is 17.6. The predicted molar refractivity (Wildman–Crippen MR) is 64.6 cm³/mol. The molecule has 0 saturated carbocycles. The van der Waals surface area contributed by atoms with E-state index in [1.54, 1.807) is 37.3 Å². The molecule has 0 bridgehead atoms. The topological polar surface area (TPSA) is 66.4 Å². The molecule has 0 spiro atoms. The first-order valence-corrected chi connectivity index (χ1v) is 5.47. The summed E-state index contributed by atoms with van der Waals surface area (Å²) in [5.41, 5.74) is 0.519. The van der Waals surface area contributed by atoms with Gasteiger partial charge in [-0.2, -0.15) is 0 Å². The summed E-state index contributed by atoms with van der Waals surface area (Å²) in [4.78, 5) is 22.6. The second kappa shape index (κ2) is 9.55. The van der Waals surface area contributed by atoms with Crippen molar-refractivity contribution < 1.29 is 49.0 Å². The van der Waals surface area contributed by atoms with Crippen LogP contribution in [0.5, 0.6) is 0 Å². The second-order valence-electron chi connectivity index (χ2n) is 3.34. The van der Waals surface area contributed by atoms with Crippen molar-refractivity contribution in [1.82, 2.24) is 0 Å². The van der Waals surface area contributed by atoms with Crippen molar-refractivity contribution >= 4 is 11.8 Å². The fourth-order valence-corrected chi connectivity index (χ4v) is 1.19. The van der Waals surface area contributed by atoms with E-state index < -0.39 is 11.7 Å². The van der Waals surface area contributed by atoms with E-state index in [-0.39, 0.29) is 41.9 Å². The molecule has 19 heavy (non-hydrogen) atoms. The fraction of sp³-hybridized carbons (Fsp3) is 0.143. The summed E-state index contributed by atoms with van der Waals surface area (Å²) in [6.45, 7) is 1.75. The summed E-state index contributed by atoms with van der Waals surface area (Å²) >= 11 is 0. The number of benzene rings is 1. The third-order valence-electron chi connectivity index (χ3n) is 2.03. The van der Waals surface area contributed by atoms with E-state index in [1.165, 1.54) is 12.2 Å². The molecule has 1 aromatic rings. The van der Waals surface area contributed by atoms with Crippen LogP contribution in [0.25, 0.3) is 0 Å². The van der Waals surface area contributed by atoms with Crippen LogP contribution < -0.4 is 34.7 Å². The van der Waals surface area contributed by atoms with Gasteiger partial charge in [-0.25, -0.2) is 4.79 Å². The maximum atomic E-state index is 11.6. The molecule has 94 valence electrons. The van der Waals surface area contributed by atoms with E-state index in [1.807, 2.05) is 0 Å². The molecule has 4 nitrogen and oxygen atoms in total. The van der Waals surface area contributed by atoms with Crippen molar-refractivity contribution in [2.75, 3.05) is 6.61 Å². The number of carbonyl (C=O) groups is 2. The Labute approximate surface area is 134 Å². The zero-order valence-corrected chi connectivity index (χ0v) is 13.0. The number of allylic oxidation sites excluding steroid dienone is 3. The molecule has 5 heteroatoms. The van der Waals surface area contributed by atoms with E-state index in [0.717, 1.165) is 6.08 Å². The van der Waals surface area contributed by atoms with Crippen LogP contribution in [-0.4, -0.2) is 18.4 Å². The van der Waals surface area contributed by atoms with Gasteiger partial charge in [-0.05, 0) is 18.8 Å². The SMILES string of the molecule is CCOC(=O)/C([O-])=C/C=C/C(=O)c1ccccc1.[Na+]. The first-order valence-electron chi connectivity index (χ1n) is 5.47. The van der Waals surface area contributed by atoms with Gasteiger partial charge < -0.3 is 9.84 Å². The number of esters is 1.